The number of benzene rings is 1. The third kappa shape index (κ3) is 5.15. The molecule has 0 fully saturated rings. The highest BCUT2D eigenvalue weighted by Gasteiger charge is 2.17. The molecule has 2 N–H and O–H groups in total. The van der Waals surface area contributed by atoms with Gasteiger partial charge in [-0.25, -0.2) is 4.79 Å². The van der Waals surface area contributed by atoms with Gasteiger partial charge in [-0.3, -0.25) is 4.79 Å². The number of methoxy groups -OCH3 is 2. The quantitative estimate of drug-likeness (QED) is 0.712. The number of ether oxygens (including phenoxy) is 3. The molecule has 0 radical (unpaired) electrons. The van der Waals surface area contributed by atoms with Crippen molar-refractivity contribution in [3.8, 4) is 11.5 Å². The van der Waals surface area contributed by atoms with E-state index in [1.165, 1.54) is 14.2 Å². The van der Waals surface area contributed by atoms with E-state index < -0.39 is 18.0 Å². The normalized spacial score (nSPS) is 11.5. The highest BCUT2D eigenvalue weighted by atomic mass is 16.5. The number of rotatable bonds is 8. The molecule has 0 bridgehead atoms. The van der Waals surface area contributed by atoms with Gasteiger partial charge in [-0.15, -0.1) is 0 Å². The SMILES string of the molecule is COc1cccc(OCC(=O)NCC(OC)C(=O)O)c1. The molecule has 0 saturated heterocycles. The summed E-state index contributed by atoms with van der Waals surface area (Å²) >= 11 is 0. The van der Waals surface area contributed by atoms with Crippen molar-refractivity contribution in [1.29, 1.82) is 0 Å². The first-order valence-corrected chi connectivity index (χ1v) is 5.86. The van der Waals surface area contributed by atoms with E-state index in [-0.39, 0.29) is 13.2 Å². The second-order valence-electron chi connectivity index (χ2n) is 3.83. The van der Waals surface area contributed by atoms with Crippen molar-refractivity contribution in [2.45, 2.75) is 6.10 Å². The first-order chi connectivity index (χ1) is 9.56. The third-order valence-electron chi connectivity index (χ3n) is 2.46. The van der Waals surface area contributed by atoms with E-state index in [0.29, 0.717) is 11.5 Å². The summed E-state index contributed by atoms with van der Waals surface area (Å²) in [5.74, 6) is -0.466. The zero-order chi connectivity index (χ0) is 15.0. The molecule has 0 saturated carbocycles. The van der Waals surface area contributed by atoms with Crippen molar-refractivity contribution in [3.05, 3.63) is 24.3 Å². The van der Waals surface area contributed by atoms with E-state index >= 15 is 0 Å². The maximum absolute atomic E-state index is 11.5. The minimum absolute atomic E-state index is 0.119. The van der Waals surface area contributed by atoms with E-state index in [2.05, 4.69) is 10.1 Å². The highest BCUT2D eigenvalue weighted by Crippen LogP contribution is 2.18. The van der Waals surface area contributed by atoms with Crippen molar-refractivity contribution in [3.63, 3.8) is 0 Å². The Labute approximate surface area is 116 Å². The monoisotopic (exact) mass is 283 g/mol. The zero-order valence-corrected chi connectivity index (χ0v) is 11.3. The lowest BCUT2D eigenvalue weighted by Gasteiger charge is -2.12. The number of carboxylic acids is 1. The molecule has 1 aromatic rings. The van der Waals surface area contributed by atoms with Crippen molar-refractivity contribution < 1.29 is 28.9 Å². The Bertz CT molecular complexity index is 462. The number of carboxylic acid groups (broad SMARTS) is 1. The van der Waals surface area contributed by atoms with Gasteiger partial charge >= 0.3 is 5.97 Å². The van der Waals surface area contributed by atoms with Crippen LogP contribution in [0.4, 0.5) is 0 Å². The topological polar surface area (TPSA) is 94.1 Å². The Morgan fingerprint density at radius 1 is 1.30 bits per heavy atom. The van der Waals surface area contributed by atoms with Gasteiger partial charge in [0.25, 0.3) is 5.91 Å². The Kier molecular flexibility index (Phi) is 6.31. The largest absolute Gasteiger partial charge is 0.497 e. The molecule has 0 aliphatic carbocycles. The summed E-state index contributed by atoms with van der Waals surface area (Å²) in [4.78, 5) is 22.2. The molecule has 1 unspecified atom stereocenters. The molecule has 1 amide bonds. The van der Waals surface area contributed by atoms with Crippen LogP contribution in [-0.4, -0.2) is 50.5 Å². The maximum atomic E-state index is 11.5. The number of carbonyl (C=O) groups excluding carboxylic acids is 1. The van der Waals surface area contributed by atoms with Gasteiger partial charge in [-0.2, -0.15) is 0 Å². The molecule has 0 aliphatic rings. The molecule has 0 aromatic heterocycles. The van der Waals surface area contributed by atoms with E-state index in [1.807, 2.05) is 0 Å². The van der Waals surface area contributed by atoms with Gasteiger partial charge < -0.3 is 24.6 Å². The van der Waals surface area contributed by atoms with E-state index in [9.17, 15) is 9.59 Å². The Balaban J connectivity index is 2.37. The maximum Gasteiger partial charge on any atom is 0.334 e. The van der Waals surface area contributed by atoms with Gasteiger partial charge in [0.1, 0.15) is 11.5 Å². The average molecular weight is 283 g/mol. The molecular weight excluding hydrogens is 266 g/mol. The van der Waals surface area contributed by atoms with Crippen LogP contribution in [0.5, 0.6) is 11.5 Å². The fraction of sp³-hybridized carbons (Fsp3) is 0.385. The summed E-state index contributed by atoms with van der Waals surface area (Å²) in [5.41, 5.74) is 0. The summed E-state index contributed by atoms with van der Waals surface area (Å²) in [6, 6.07) is 6.81. The lowest BCUT2D eigenvalue weighted by molar-refractivity contribution is -0.148. The van der Waals surface area contributed by atoms with Crippen molar-refractivity contribution in [2.24, 2.45) is 0 Å². The first-order valence-electron chi connectivity index (χ1n) is 5.86. The molecule has 7 heteroatoms. The van der Waals surface area contributed by atoms with Crippen LogP contribution in [0.3, 0.4) is 0 Å². The average Bonchev–Trinajstić information content (AvgIpc) is 2.45. The van der Waals surface area contributed by atoms with Crippen molar-refractivity contribution >= 4 is 11.9 Å². The van der Waals surface area contributed by atoms with E-state index in [0.717, 1.165) is 0 Å². The molecule has 110 valence electrons. The number of amides is 1. The third-order valence-corrected chi connectivity index (χ3v) is 2.46. The van der Waals surface area contributed by atoms with Gasteiger partial charge in [0.05, 0.1) is 13.7 Å². The number of hydrogen-bond donors (Lipinski definition) is 2. The van der Waals surface area contributed by atoms with Crippen LogP contribution in [0.1, 0.15) is 0 Å². The van der Waals surface area contributed by atoms with Crippen LogP contribution in [0.25, 0.3) is 0 Å². The van der Waals surface area contributed by atoms with Crippen LogP contribution in [0.2, 0.25) is 0 Å². The second-order valence-corrected chi connectivity index (χ2v) is 3.83. The predicted octanol–water partition coefficient (Wildman–Crippen LogP) is 0.290. The summed E-state index contributed by atoms with van der Waals surface area (Å²) in [5, 5.41) is 11.1. The fourth-order valence-corrected chi connectivity index (χ4v) is 1.37. The number of hydrogen-bond acceptors (Lipinski definition) is 5. The van der Waals surface area contributed by atoms with Crippen molar-refractivity contribution in [2.75, 3.05) is 27.4 Å². The van der Waals surface area contributed by atoms with Crippen LogP contribution >= 0.6 is 0 Å². The second kappa shape index (κ2) is 8.00. The first kappa shape index (κ1) is 15.8. The number of aliphatic carboxylic acids is 1. The molecule has 0 heterocycles. The van der Waals surface area contributed by atoms with Crippen LogP contribution < -0.4 is 14.8 Å². The molecule has 1 rings (SSSR count). The van der Waals surface area contributed by atoms with Gasteiger partial charge in [0.2, 0.25) is 0 Å². The number of carbonyl (C=O) groups is 2. The van der Waals surface area contributed by atoms with Gasteiger partial charge in [0, 0.05) is 13.2 Å². The van der Waals surface area contributed by atoms with E-state index in [4.69, 9.17) is 14.6 Å². The van der Waals surface area contributed by atoms with Gasteiger partial charge in [-0.05, 0) is 12.1 Å². The molecular formula is C13H17NO6. The minimum atomic E-state index is -1.14. The minimum Gasteiger partial charge on any atom is -0.497 e. The summed E-state index contributed by atoms with van der Waals surface area (Å²) < 4.78 is 15.0. The summed E-state index contributed by atoms with van der Waals surface area (Å²) in [6.07, 6.45) is -1.07. The van der Waals surface area contributed by atoms with Gasteiger partial charge in [0.15, 0.2) is 12.7 Å². The standard InChI is InChI=1S/C13H17NO6/c1-18-9-4-3-5-10(6-9)20-8-12(15)14-7-11(19-2)13(16)17/h3-6,11H,7-8H2,1-2H3,(H,14,15)(H,16,17). The van der Waals surface area contributed by atoms with Crippen molar-refractivity contribution in [1.82, 2.24) is 5.32 Å². The zero-order valence-electron chi connectivity index (χ0n) is 11.3. The molecule has 1 atom stereocenters. The Morgan fingerprint density at radius 2 is 2.00 bits per heavy atom. The van der Waals surface area contributed by atoms with Crippen LogP contribution in [0, 0.1) is 0 Å². The van der Waals surface area contributed by atoms with Crippen LogP contribution in [0.15, 0.2) is 24.3 Å². The summed E-state index contributed by atoms with van der Waals surface area (Å²) in [7, 11) is 2.79. The summed E-state index contributed by atoms with van der Waals surface area (Å²) in [6.45, 7) is -0.338. The van der Waals surface area contributed by atoms with Crippen LogP contribution in [-0.2, 0) is 14.3 Å². The molecule has 1 aromatic carbocycles. The predicted molar refractivity (Wildman–Crippen MR) is 69.9 cm³/mol. The molecule has 0 spiro atoms. The lowest BCUT2D eigenvalue weighted by Crippen LogP contribution is -2.39. The Hall–Kier alpha value is -2.28. The number of nitrogens with one attached hydrogen (secondary N) is 1. The molecule has 20 heavy (non-hydrogen) atoms. The Morgan fingerprint density at radius 3 is 2.60 bits per heavy atom. The van der Waals surface area contributed by atoms with E-state index in [1.54, 1.807) is 24.3 Å². The fourth-order valence-electron chi connectivity index (χ4n) is 1.37. The lowest BCUT2D eigenvalue weighted by atomic mass is 10.3. The molecule has 7 nitrogen and oxygen atoms in total. The smallest absolute Gasteiger partial charge is 0.334 e. The van der Waals surface area contributed by atoms with Gasteiger partial charge in [-0.1, -0.05) is 6.07 Å². The molecule has 0 aliphatic heterocycles. The highest BCUT2D eigenvalue weighted by molar-refractivity contribution is 5.79.